The standard InChI is InChI=1S/C24H23FN6/c1-29-12-18-14-30(15-19(18)13-29)22-7-6-21-27-23(16-2-4-20(25)5-3-16)24(31(21)28-22)17-8-10-26-11-9-17/h2-11,18-19H,12-15H2,1H3. The van der Waals surface area contributed by atoms with Crippen LogP contribution in [0.4, 0.5) is 10.2 Å². The van der Waals surface area contributed by atoms with Crippen LogP contribution in [-0.4, -0.2) is 57.7 Å². The van der Waals surface area contributed by atoms with Gasteiger partial charge in [0.2, 0.25) is 0 Å². The highest BCUT2D eigenvalue weighted by Crippen LogP contribution is 2.35. The lowest BCUT2D eigenvalue weighted by atomic mass is 10.0. The molecule has 0 saturated carbocycles. The predicted molar refractivity (Wildman–Crippen MR) is 118 cm³/mol. The van der Waals surface area contributed by atoms with Gasteiger partial charge in [0.1, 0.15) is 17.3 Å². The van der Waals surface area contributed by atoms with E-state index in [0.717, 1.165) is 60.2 Å². The summed E-state index contributed by atoms with van der Waals surface area (Å²) in [5.41, 5.74) is 4.29. The molecule has 6 rings (SSSR count). The molecule has 2 unspecified atom stereocenters. The first-order valence-electron chi connectivity index (χ1n) is 10.7. The van der Waals surface area contributed by atoms with Gasteiger partial charge in [-0.1, -0.05) is 0 Å². The molecule has 2 fully saturated rings. The number of fused-ring (bicyclic) bond motifs is 2. The average molecular weight is 414 g/mol. The van der Waals surface area contributed by atoms with Gasteiger partial charge in [-0.25, -0.2) is 13.9 Å². The summed E-state index contributed by atoms with van der Waals surface area (Å²) in [6.45, 7) is 4.40. The van der Waals surface area contributed by atoms with Crippen LogP contribution in [0.15, 0.2) is 60.9 Å². The first-order valence-corrected chi connectivity index (χ1v) is 10.7. The van der Waals surface area contributed by atoms with Gasteiger partial charge in [0, 0.05) is 49.7 Å². The topological polar surface area (TPSA) is 49.6 Å². The molecule has 0 bridgehead atoms. The first kappa shape index (κ1) is 18.4. The molecule has 7 heteroatoms. The van der Waals surface area contributed by atoms with Crippen LogP contribution in [0, 0.1) is 17.7 Å². The van der Waals surface area contributed by atoms with Gasteiger partial charge in [-0.05, 0) is 67.4 Å². The Hall–Kier alpha value is -3.32. The van der Waals surface area contributed by atoms with Crippen LogP contribution in [0.5, 0.6) is 0 Å². The van der Waals surface area contributed by atoms with E-state index in [1.165, 1.54) is 12.1 Å². The van der Waals surface area contributed by atoms with Crippen LogP contribution < -0.4 is 4.90 Å². The van der Waals surface area contributed by atoms with Crippen LogP contribution in [0.25, 0.3) is 28.2 Å². The summed E-state index contributed by atoms with van der Waals surface area (Å²) in [5, 5.41) is 5.02. The number of anilines is 1. The fourth-order valence-electron chi connectivity index (χ4n) is 5.08. The summed E-state index contributed by atoms with van der Waals surface area (Å²) in [6.07, 6.45) is 3.54. The minimum absolute atomic E-state index is 0.261. The van der Waals surface area contributed by atoms with Crippen molar-refractivity contribution in [2.45, 2.75) is 0 Å². The number of nitrogens with zero attached hydrogens (tertiary/aromatic N) is 6. The van der Waals surface area contributed by atoms with Crippen LogP contribution in [0.1, 0.15) is 0 Å². The van der Waals surface area contributed by atoms with Crippen molar-refractivity contribution in [3.05, 3.63) is 66.7 Å². The Labute approximate surface area is 180 Å². The van der Waals surface area contributed by atoms with E-state index in [1.54, 1.807) is 24.5 Å². The number of halogens is 1. The Morgan fingerprint density at radius 2 is 1.55 bits per heavy atom. The zero-order chi connectivity index (χ0) is 20.9. The monoisotopic (exact) mass is 414 g/mol. The van der Waals surface area contributed by atoms with Crippen LogP contribution in [0.3, 0.4) is 0 Å². The van der Waals surface area contributed by atoms with E-state index < -0.39 is 0 Å². The predicted octanol–water partition coefficient (Wildman–Crippen LogP) is 3.60. The Morgan fingerprint density at radius 1 is 0.839 bits per heavy atom. The summed E-state index contributed by atoms with van der Waals surface area (Å²) < 4.78 is 15.4. The summed E-state index contributed by atoms with van der Waals surface area (Å²) >= 11 is 0. The zero-order valence-electron chi connectivity index (χ0n) is 17.3. The SMILES string of the molecule is CN1CC2CN(c3ccc4nc(-c5ccc(F)cc5)c(-c5ccncc5)n4n3)CC2C1. The number of aromatic nitrogens is 4. The van der Waals surface area contributed by atoms with Gasteiger partial charge in [-0.15, -0.1) is 5.10 Å². The van der Waals surface area contributed by atoms with Crippen molar-refractivity contribution in [3.63, 3.8) is 0 Å². The lowest BCUT2D eigenvalue weighted by molar-refractivity contribution is 0.386. The Bertz CT molecular complexity index is 1220. The van der Waals surface area contributed by atoms with Gasteiger partial charge in [-0.3, -0.25) is 4.98 Å². The molecule has 4 aromatic rings. The smallest absolute Gasteiger partial charge is 0.155 e. The van der Waals surface area contributed by atoms with E-state index in [0.29, 0.717) is 11.8 Å². The summed E-state index contributed by atoms with van der Waals surface area (Å²) in [4.78, 5) is 13.8. The number of benzene rings is 1. The second-order valence-corrected chi connectivity index (χ2v) is 8.66. The molecule has 2 atom stereocenters. The second-order valence-electron chi connectivity index (χ2n) is 8.66. The quantitative estimate of drug-likeness (QED) is 0.513. The number of likely N-dealkylation sites (tertiary alicyclic amines) is 1. The van der Waals surface area contributed by atoms with Gasteiger partial charge < -0.3 is 9.80 Å². The third kappa shape index (κ3) is 3.16. The van der Waals surface area contributed by atoms with E-state index in [2.05, 4.69) is 27.9 Å². The second kappa shape index (κ2) is 7.13. The van der Waals surface area contributed by atoms with E-state index in [-0.39, 0.29) is 5.82 Å². The van der Waals surface area contributed by atoms with Crippen molar-refractivity contribution in [2.24, 2.45) is 11.8 Å². The third-order valence-corrected chi connectivity index (χ3v) is 6.53. The van der Waals surface area contributed by atoms with E-state index in [4.69, 9.17) is 10.1 Å². The summed E-state index contributed by atoms with van der Waals surface area (Å²) in [7, 11) is 2.20. The molecule has 2 aliphatic heterocycles. The third-order valence-electron chi connectivity index (χ3n) is 6.53. The fraction of sp³-hybridized carbons (Fsp3) is 0.292. The molecular weight excluding hydrogens is 391 g/mol. The van der Waals surface area contributed by atoms with Crippen LogP contribution >= 0.6 is 0 Å². The lowest BCUT2D eigenvalue weighted by Crippen LogP contribution is -2.27. The molecule has 2 aliphatic rings. The Kier molecular flexibility index (Phi) is 4.24. The van der Waals surface area contributed by atoms with Crippen LogP contribution in [-0.2, 0) is 0 Å². The van der Waals surface area contributed by atoms with Gasteiger partial charge in [-0.2, -0.15) is 0 Å². The van der Waals surface area contributed by atoms with Crippen molar-refractivity contribution < 1.29 is 4.39 Å². The number of rotatable bonds is 3. The van der Waals surface area contributed by atoms with Crippen molar-refractivity contribution >= 4 is 11.5 Å². The Balaban J connectivity index is 1.47. The molecule has 31 heavy (non-hydrogen) atoms. The molecular formula is C24H23FN6. The van der Waals surface area contributed by atoms with Gasteiger partial charge in [0.05, 0.1) is 5.69 Å². The van der Waals surface area contributed by atoms with Gasteiger partial charge in [0.25, 0.3) is 0 Å². The molecule has 1 aromatic carbocycles. The van der Waals surface area contributed by atoms with E-state index >= 15 is 0 Å². The number of hydrogen-bond donors (Lipinski definition) is 0. The fourth-order valence-corrected chi connectivity index (χ4v) is 5.08. The number of hydrogen-bond acceptors (Lipinski definition) is 5. The largest absolute Gasteiger partial charge is 0.355 e. The molecule has 0 radical (unpaired) electrons. The minimum Gasteiger partial charge on any atom is -0.355 e. The maximum Gasteiger partial charge on any atom is 0.155 e. The maximum absolute atomic E-state index is 13.5. The van der Waals surface area contributed by atoms with Gasteiger partial charge in [0.15, 0.2) is 5.65 Å². The normalized spacial score (nSPS) is 21.2. The van der Waals surface area contributed by atoms with Gasteiger partial charge >= 0.3 is 0 Å². The molecule has 0 N–H and O–H groups in total. The van der Waals surface area contributed by atoms with E-state index in [9.17, 15) is 4.39 Å². The highest BCUT2D eigenvalue weighted by molar-refractivity contribution is 5.81. The summed E-state index contributed by atoms with van der Waals surface area (Å²) in [5.74, 6) is 2.13. The van der Waals surface area contributed by atoms with Crippen molar-refractivity contribution in [1.82, 2.24) is 24.5 Å². The molecule has 3 aromatic heterocycles. The number of pyridine rings is 1. The average Bonchev–Trinajstić information content (AvgIpc) is 3.45. The summed E-state index contributed by atoms with van der Waals surface area (Å²) in [6, 6.07) is 14.5. The van der Waals surface area contributed by atoms with Crippen molar-refractivity contribution in [3.8, 4) is 22.5 Å². The molecule has 0 aliphatic carbocycles. The minimum atomic E-state index is -0.261. The molecule has 156 valence electrons. The zero-order valence-corrected chi connectivity index (χ0v) is 17.3. The van der Waals surface area contributed by atoms with Crippen LogP contribution in [0.2, 0.25) is 0 Å². The lowest BCUT2D eigenvalue weighted by Gasteiger charge is -2.20. The molecule has 2 saturated heterocycles. The Morgan fingerprint density at radius 3 is 2.26 bits per heavy atom. The molecule has 0 amide bonds. The molecule has 5 heterocycles. The highest BCUT2D eigenvalue weighted by Gasteiger charge is 2.39. The first-order chi connectivity index (χ1) is 15.2. The van der Waals surface area contributed by atoms with Crippen molar-refractivity contribution in [1.29, 1.82) is 0 Å². The molecule has 0 spiro atoms. The highest BCUT2D eigenvalue weighted by atomic mass is 19.1. The molecule has 6 nitrogen and oxygen atoms in total. The van der Waals surface area contributed by atoms with E-state index in [1.807, 2.05) is 22.7 Å². The number of imidazole rings is 1. The van der Waals surface area contributed by atoms with Crippen molar-refractivity contribution in [2.75, 3.05) is 38.1 Å². The maximum atomic E-state index is 13.5.